The van der Waals surface area contributed by atoms with Gasteiger partial charge in [-0.1, -0.05) is 164 Å². The van der Waals surface area contributed by atoms with E-state index in [4.69, 9.17) is 4.74 Å². The molecule has 0 saturated heterocycles. The van der Waals surface area contributed by atoms with Gasteiger partial charge in [-0.05, 0) is 81.9 Å². The lowest BCUT2D eigenvalue weighted by Gasteiger charge is -2.42. The van der Waals surface area contributed by atoms with Gasteiger partial charge in [0.2, 0.25) is 0 Å². The Labute approximate surface area is 299 Å². The van der Waals surface area contributed by atoms with Gasteiger partial charge in [0.15, 0.2) is 0 Å². The van der Waals surface area contributed by atoms with E-state index < -0.39 is 5.41 Å². The predicted molar refractivity (Wildman–Crippen MR) is 210 cm³/mol. The standard InChI is InChI=1S/C49H35NO/c1-5-15-36(16-6-1)38-25-29-42(30-26-38)50(43-31-27-39(28-32-43)37-17-7-2-8-18-37)44-33-34-48-46(35-44)49(40-19-9-3-10-20-40,41-21-11-4-12-22-41)45-23-13-14-24-47(45)51-48/h1-35H. The third kappa shape index (κ3) is 5.39. The molecule has 8 aromatic rings. The summed E-state index contributed by atoms with van der Waals surface area (Å²) in [5, 5.41) is 0. The number of rotatable bonds is 7. The van der Waals surface area contributed by atoms with E-state index >= 15 is 0 Å². The van der Waals surface area contributed by atoms with Crippen molar-refractivity contribution in [2.75, 3.05) is 4.90 Å². The van der Waals surface area contributed by atoms with Crippen LogP contribution in [0.5, 0.6) is 11.5 Å². The van der Waals surface area contributed by atoms with Crippen LogP contribution in [-0.4, -0.2) is 0 Å². The number of hydrogen-bond donors (Lipinski definition) is 0. The molecule has 0 spiro atoms. The summed E-state index contributed by atoms with van der Waals surface area (Å²) >= 11 is 0. The van der Waals surface area contributed by atoms with Crippen molar-refractivity contribution in [2.45, 2.75) is 5.41 Å². The molecule has 0 radical (unpaired) electrons. The van der Waals surface area contributed by atoms with E-state index in [1.807, 2.05) is 0 Å². The quantitative estimate of drug-likeness (QED) is 0.170. The van der Waals surface area contributed by atoms with E-state index in [1.165, 1.54) is 33.4 Å². The Bertz CT molecular complexity index is 2280. The first-order chi connectivity index (χ1) is 25.3. The van der Waals surface area contributed by atoms with Crippen LogP contribution in [0.25, 0.3) is 22.3 Å². The van der Waals surface area contributed by atoms with Gasteiger partial charge in [0.05, 0.1) is 5.41 Å². The number of anilines is 3. The zero-order chi connectivity index (χ0) is 34.0. The van der Waals surface area contributed by atoms with Gasteiger partial charge in [0.25, 0.3) is 0 Å². The molecule has 8 aromatic carbocycles. The molecule has 0 amide bonds. The fourth-order valence-electron chi connectivity index (χ4n) is 7.65. The summed E-state index contributed by atoms with van der Waals surface area (Å²) in [5.74, 6) is 1.72. The highest BCUT2D eigenvalue weighted by Crippen LogP contribution is 2.56. The Hall–Kier alpha value is -6.64. The minimum atomic E-state index is -0.608. The van der Waals surface area contributed by atoms with E-state index in [1.54, 1.807) is 0 Å². The molecule has 1 aliphatic heterocycles. The molecule has 9 rings (SSSR count). The molecule has 51 heavy (non-hydrogen) atoms. The van der Waals surface area contributed by atoms with Crippen LogP contribution in [0.1, 0.15) is 22.3 Å². The Morgan fingerprint density at radius 3 is 1.22 bits per heavy atom. The van der Waals surface area contributed by atoms with E-state index in [-0.39, 0.29) is 0 Å². The van der Waals surface area contributed by atoms with Crippen molar-refractivity contribution in [3.63, 3.8) is 0 Å². The van der Waals surface area contributed by atoms with Crippen LogP contribution in [0.2, 0.25) is 0 Å². The zero-order valence-corrected chi connectivity index (χ0v) is 28.1. The SMILES string of the molecule is c1ccc(-c2ccc(N(c3ccc(-c4ccccc4)cc3)c3ccc4c(c3)C(c3ccccc3)(c3ccccc3)c3ccccc3O4)cc2)cc1. The molecule has 0 aliphatic carbocycles. The Morgan fingerprint density at radius 2 is 0.706 bits per heavy atom. The number of ether oxygens (including phenoxy) is 1. The first-order valence-electron chi connectivity index (χ1n) is 17.4. The van der Waals surface area contributed by atoms with Crippen LogP contribution in [0.4, 0.5) is 17.1 Å². The second kappa shape index (κ2) is 13.0. The number of benzene rings is 8. The van der Waals surface area contributed by atoms with Crippen molar-refractivity contribution in [1.29, 1.82) is 0 Å². The van der Waals surface area contributed by atoms with Gasteiger partial charge < -0.3 is 9.64 Å². The largest absolute Gasteiger partial charge is 0.457 e. The molecule has 0 aromatic heterocycles. The normalized spacial score (nSPS) is 12.6. The van der Waals surface area contributed by atoms with E-state index in [2.05, 4.69) is 217 Å². The maximum Gasteiger partial charge on any atom is 0.132 e. The van der Waals surface area contributed by atoms with Gasteiger partial charge in [-0.15, -0.1) is 0 Å². The summed E-state index contributed by atoms with van der Waals surface area (Å²) in [4.78, 5) is 2.35. The summed E-state index contributed by atoms with van der Waals surface area (Å²) < 4.78 is 6.73. The fraction of sp³-hybridized carbons (Fsp3) is 0.0204. The maximum absolute atomic E-state index is 6.73. The summed E-state index contributed by atoms with van der Waals surface area (Å²) in [7, 11) is 0. The molecule has 0 unspecified atom stereocenters. The average Bonchev–Trinajstić information content (AvgIpc) is 3.22. The van der Waals surface area contributed by atoms with Crippen LogP contribution in [0, 0.1) is 0 Å². The highest BCUT2D eigenvalue weighted by atomic mass is 16.5. The molecule has 1 aliphatic rings. The van der Waals surface area contributed by atoms with E-state index in [0.717, 1.165) is 39.7 Å². The second-order valence-corrected chi connectivity index (χ2v) is 12.9. The third-order valence-corrected chi connectivity index (χ3v) is 10.0. The number of fused-ring (bicyclic) bond motifs is 2. The van der Waals surface area contributed by atoms with Crippen LogP contribution < -0.4 is 9.64 Å². The molecule has 0 N–H and O–H groups in total. The van der Waals surface area contributed by atoms with E-state index in [0.29, 0.717) is 0 Å². The molecule has 242 valence electrons. The van der Waals surface area contributed by atoms with Crippen LogP contribution in [0.3, 0.4) is 0 Å². The first-order valence-corrected chi connectivity index (χ1v) is 17.4. The summed E-state index contributed by atoms with van der Waals surface area (Å²) in [6.45, 7) is 0. The van der Waals surface area contributed by atoms with Crippen molar-refractivity contribution in [1.82, 2.24) is 0 Å². The molecule has 1 heterocycles. The molecule has 0 bridgehead atoms. The molecule has 2 nitrogen and oxygen atoms in total. The lowest BCUT2D eigenvalue weighted by Crippen LogP contribution is -2.34. The fourth-order valence-corrected chi connectivity index (χ4v) is 7.65. The van der Waals surface area contributed by atoms with Gasteiger partial charge in [-0.2, -0.15) is 0 Å². The van der Waals surface area contributed by atoms with Crippen LogP contribution >= 0.6 is 0 Å². The van der Waals surface area contributed by atoms with Crippen molar-refractivity contribution in [3.8, 4) is 33.8 Å². The summed E-state index contributed by atoms with van der Waals surface area (Å²) in [6.07, 6.45) is 0. The number of para-hydroxylation sites is 1. The van der Waals surface area contributed by atoms with Gasteiger partial charge >= 0.3 is 0 Å². The Morgan fingerprint density at radius 1 is 0.314 bits per heavy atom. The maximum atomic E-state index is 6.73. The monoisotopic (exact) mass is 653 g/mol. The predicted octanol–water partition coefficient (Wildman–Crippen LogP) is 13.0. The molecular formula is C49H35NO. The van der Waals surface area contributed by atoms with Crippen molar-refractivity contribution < 1.29 is 4.74 Å². The van der Waals surface area contributed by atoms with Crippen LogP contribution in [-0.2, 0) is 5.41 Å². The molecule has 0 saturated carbocycles. The molecule has 2 heteroatoms. The number of nitrogens with zero attached hydrogens (tertiary/aromatic N) is 1. The van der Waals surface area contributed by atoms with Crippen LogP contribution in [0.15, 0.2) is 212 Å². The molecule has 0 atom stereocenters. The van der Waals surface area contributed by atoms with Gasteiger partial charge in [-0.25, -0.2) is 0 Å². The number of hydrogen-bond acceptors (Lipinski definition) is 2. The summed E-state index contributed by atoms with van der Waals surface area (Å²) in [5.41, 5.74) is 12.0. The van der Waals surface area contributed by atoms with Crippen molar-refractivity contribution in [3.05, 3.63) is 235 Å². The molecule has 0 fully saturated rings. The smallest absolute Gasteiger partial charge is 0.132 e. The highest BCUT2D eigenvalue weighted by Gasteiger charge is 2.45. The summed E-state index contributed by atoms with van der Waals surface area (Å²) in [6, 6.07) is 75.7. The van der Waals surface area contributed by atoms with Gasteiger partial charge in [-0.3, -0.25) is 0 Å². The zero-order valence-electron chi connectivity index (χ0n) is 28.1. The second-order valence-electron chi connectivity index (χ2n) is 12.9. The third-order valence-electron chi connectivity index (χ3n) is 10.0. The highest BCUT2D eigenvalue weighted by molar-refractivity contribution is 5.82. The van der Waals surface area contributed by atoms with E-state index in [9.17, 15) is 0 Å². The molecular weight excluding hydrogens is 619 g/mol. The van der Waals surface area contributed by atoms with Gasteiger partial charge in [0.1, 0.15) is 11.5 Å². The lowest BCUT2D eigenvalue weighted by atomic mass is 9.63. The Kier molecular flexibility index (Phi) is 7.75. The Balaban J connectivity index is 1.26. The van der Waals surface area contributed by atoms with Gasteiger partial charge in [0, 0.05) is 28.2 Å². The van der Waals surface area contributed by atoms with Crippen molar-refractivity contribution >= 4 is 17.1 Å². The average molecular weight is 654 g/mol. The lowest BCUT2D eigenvalue weighted by molar-refractivity contribution is 0.434. The van der Waals surface area contributed by atoms with Crippen molar-refractivity contribution in [2.24, 2.45) is 0 Å². The topological polar surface area (TPSA) is 12.5 Å². The minimum Gasteiger partial charge on any atom is -0.457 e. The first kappa shape index (κ1) is 30.4. The minimum absolute atomic E-state index is 0.608.